The van der Waals surface area contributed by atoms with Crippen molar-refractivity contribution in [2.24, 2.45) is 7.05 Å². The molecule has 0 aliphatic heterocycles. The van der Waals surface area contributed by atoms with Crippen molar-refractivity contribution in [2.75, 3.05) is 61.3 Å². The lowest BCUT2D eigenvalue weighted by Crippen LogP contribution is -2.30. The van der Waals surface area contributed by atoms with Crippen molar-refractivity contribution in [2.45, 2.75) is 52.0 Å². The maximum Gasteiger partial charge on any atom is 0.305 e. The molecule has 1 N–H and O–H groups in total. The number of alkyl halides is 2. The third-order valence-electron chi connectivity index (χ3n) is 8.15. The maximum absolute atomic E-state index is 12.5. The zero-order valence-electron chi connectivity index (χ0n) is 26.6. The smallest absolute Gasteiger partial charge is 0.305 e. The number of hydrogen-bond acceptors (Lipinski definition) is 7. The van der Waals surface area contributed by atoms with Gasteiger partial charge in [-0.3, -0.25) is 9.78 Å². The molecule has 0 aliphatic rings. The molecule has 0 saturated carbocycles. The van der Waals surface area contributed by atoms with E-state index in [0.717, 1.165) is 84.7 Å². The summed E-state index contributed by atoms with van der Waals surface area (Å²) in [6, 6.07) is 14.4. The van der Waals surface area contributed by atoms with E-state index in [4.69, 9.17) is 44.5 Å². The number of likely N-dealkylation sites (N-methyl/N-ethyl adjacent to an activating group) is 1. The van der Waals surface area contributed by atoms with Crippen molar-refractivity contribution in [1.29, 1.82) is 0 Å². The molecule has 1 atom stereocenters. The van der Waals surface area contributed by atoms with E-state index in [1.165, 1.54) is 0 Å². The van der Waals surface area contributed by atoms with E-state index in [9.17, 15) is 4.79 Å². The zero-order valence-corrected chi connectivity index (χ0v) is 28.8. The highest BCUT2D eigenvalue weighted by Gasteiger charge is 2.13. The molecule has 11 heteroatoms. The Morgan fingerprint density at radius 2 is 1.82 bits per heavy atom. The fourth-order valence-corrected chi connectivity index (χ4v) is 6.19. The number of halogens is 3. The number of aromatic nitrogens is 3. The first kappa shape index (κ1) is 35.1. The molecule has 1 unspecified atom stereocenters. The molecule has 0 radical (unpaired) electrons. The Morgan fingerprint density at radius 3 is 2.58 bits per heavy atom. The molecule has 0 fully saturated rings. The van der Waals surface area contributed by atoms with Crippen molar-refractivity contribution in [1.82, 2.24) is 19.4 Å². The molecule has 8 nitrogen and oxygen atoms in total. The molecule has 2 aromatic carbocycles. The summed E-state index contributed by atoms with van der Waals surface area (Å²) in [4.78, 5) is 26.3. The van der Waals surface area contributed by atoms with Crippen LogP contribution in [0.3, 0.4) is 0 Å². The van der Waals surface area contributed by atoms with Gasteiger partial charge in [-0.1, -0.05) is 18.5 Å². The predicted molar refractivity (Wildman–Crippen MR) is 189 cm³/mol. The van der Waals surface area contributed by atoms with E-state index in [2.05, 4.69) is 56.7 Å². The monoisotopic (exact) mass is 674 g/mol. The minimum Gasteiger partial charge on any atom is -0.464 e. The Kier molecular flexibility index (Phi) is 13.9. The van der Waals surface area contributed by atoms with E-state index in [0.29, 0.717) is 48.7 Å². The lowest BCUT2D eigenvalue weighted by Gasteiger charge is -2.22. The number of imidazole rings is 1. The summed E-state index contributed by atoms with van der Waals surface area (Å²) in [5.74, 6) is 1.87. The number of rotatable bonds is 19. The molecule has 244 valence electrons. The van der Waals surface area contributed by atoms with Gasteiger partial charge in [0.25, 0.3) is 0 Å². The van der Waals surface area contributed by atoms with Gasteiger partial charge in [-0.2, -0.15) is 0 Å². The van der Waals surface area contributed by atoms with Gasteiger partial charge in [-0.05, 0) is 81.7 Å². The van der Waals surface area contributed by atoms with Crippen LogP contribution >= 0.6 is 34.8 Å². The first-order valence-corrected chi connectivity index (χ1v) is 17.3. The second-order valence-electron chi connectivity index (χ2n) is 11.3. The molecule has 0 bridgehead atoms. The molecule has 45 heavy (non-hydrogen) atoms. The van der Waals surface area contributed by atoms with Crippen LogP contribution in [-0.4, -0.2) is 82.5 Å². The minimum absolute atomic E-state index is 0.159. The molecular weight excluding hydrogens is 631 g/mol. The van der Waals surface area contributed by atoms with Gasteiger partial charge in [0.05, 0.1) is 16.6 Å². The average Bonchev–Trinajstić information content (AvgIpc) is 3.34. The number of hydrogen-bond donors (Lipinski definition) is 1. The van der Waals surface area contributed by atoms with Gasteiger partial charge in [0.1, 0.15) is 12.4 Å². The number of pyridine rings is 1. The largest absolute Gasteiger partial charge is 0.464 e. The number of carbonyl (C=O) groups excluding carboxylic acids is 1. The van der Waals surface area contributed by atoms with Crippen molar-refractivity contribution in [3.63, 3.8) is 0 Å². The number of anilines is 2. The van der Waals surface area contributed by atoms with Crippen molar-refractivity contribution in [3.8, 4) is 0 Å². The predicted octanol–water partition coefficient (Wildman–Crippen LogP) is 7.53. The third kappa shape index (κ3) is 10.1. The number of carbonyl (C=O) groups is 1. The first-order valence-electron chi connectivity index (χ1n) is 15.8. The van der Waals surface area contributed by atoms with Crippen LogP contribution < -0.4 is 10.2 Å². The normalized spacial score (nSPS) is 12.2. The Balaban J connectivity index is 1.15. The van der Waals surface area contributed by atoms with Crippen LogP contribution in [0.15, 0.2) is 48.7 Å². The summed E-state index contributed by atoms with van der Waals surface area (Å²) in [5.41, 5.74) is 5.02. The molecule has 4 aromatic rings. The molecule has 2 aromatic heterocycles. The number of nitrogens with one attached hydrogen (secondary N) is 1. The van der Waals surface area contributed by atoms with E-state index in [-0.39, 0.29) is 5.97 Å². The van der Waals surface area contributed by atoms with Crippen LogP contribution in [0.4, 0.5) is 11.4 Å². The highest BCUT2D eigenvalue weighted by molar-refractivity contribution is 6.31. The zero-order chi connectivity index (χ0) is 32.2. The molecule has 0 saturated heterocycles. The molecule has 0 amide bonds. The third-order valence-corrected chi connectivity index (χ3v) is 8.72. The maximum atomic E-state index is 12.5. The van der Waals surface area contributed by atoms with E-state index < -0.39 is 0 Å². The minimum atomic E-state index is -0.159. The summed E-state index contributed by atoms with van der Waals surface area (Å²) in [7, 11) is 2.02. The van der Waals surface area contributed by atoms with Crippen molar-refractivity contribution >= 4 is 74.1 Å². The second kappa shape index (κ2) is 17.8. The SMILES string of the molecule is CCN(CCCC(C)Nc1ccnc2cc(Cl)ccc12)CCOC(=O)CCCc1nc2cc(N(CCCl)CCCl)ccc2n1C. The molecule has 4 rings (SSSR count). The first-order chi connectivity index (χ1) is 21.8. The van der Waals surface area contributed by atoms with Crippen molar-refractivity contribution < 1.29 is 9.53 Å². The van der Waals surface area contributed by atoms with Gasteiger partial charge >= 0.3 is 5.97 Å². The summed E-state index contributed by atoms with van der Waals surface area (Å²) < 4.78 is 7.68. The highest BCUT2D eigenvalue weighted by Crippen LogP contribution is 2.26. The summed E-state index contributed by atoms with van der Waals surface area (Å²) >= 11 is 18.1. The van der Waals surface area contributed by atoms with E-state index in [1.54, 1.807) is 0 Å². The lowest BCUT2D eigenvalue weighted by atomic mass is 10.1. The van der Waals surface area contributed by atoms with Gasteiger partial charge < -0.3 is 24.4 Å². The van der Waals surface area contributed by atoms with Gasteiger partial charge in [-0.25, -0.2) is 4.98 Å². The van der Waals surface area contributed by atoms with Crippen LogP contribution in [0, 0.1) is 0 Å². The number of fused-ring (bicyclic) bond motifs is 2. The number of esters is 1. The highest BCUT2D eigenvalue weighted by atomic mass is 35.5. The topological polar surface area (TPSA) is 75.5 Å². The van der Waals surface area contributed by atoms with E-state index >= 15 is 0 Å². The quantitative estimate of drug-likeness (QED) is 0.0814. The standard InChI is InChI=1S/C34H45Cl3N6O2/c1-4-42(18-6-7-25(2)39-29-14-17-38-30-23-26(37)10-12-28(29)30)21-22-45-34(44)9-5-8-33-40-31-24-27(11-13-32(31)41(33)3)43(19-15-35)20-16-36/h10-14,17,23-25H,4-9,15-16,18-22H2,1-3H3,(H,38,39). The number of aryl methyl sites for hydroxylation is 2. The summed E-state index contributed by atoms with van der Waals surface area (Å²) in [6.45, 7) is 8.82. The fourth-order valence-electron chi connectivity index (χ4n) is 5.62. The van der Waals surface area contributed by atoms with Crippen LogP contribution in [0.5, 0.6) is 0 Å². The van der Waals surface area contributed by atoms with Crippen LogP contribution in [-0.2, 0) is 23.0 Å². The Bertz CT molecular complexity index is 1520. The Morgan fingerprint density at radius 1 is 1.02 bits per heavy atom. The number of benzene rings is 2. The molecular formula is C34H45Cl3N6O2. The Labute approximate surface area is 282 Å². The fraction of sp³-hybridized carbons (Fsp3) is 0.500. The molecule has 2 heterocycles. The Hall–Kier alpha value is -2.78. The summed E-state index contributed by atoms with van der Waals surface area (Å²) in [5, 5.41) is 5.38. The molecule has 0 aliphatic carbocycles. The average molecular weight is 676 g/mol. The summed E-state index contributed by atoms with van der Waals surface area (Å²) in [6.07, 6.45) is 5.65. The van der Waals surface area contributed by atoms with Crippen LogP contribution in [0.2, 0.25) is 5.02 Å². The van der Waals surface area contributed by atoms with Gasteiger partial charge in [0.15, 0.2) is 0 Å². The second-order valence-corrected chi connectivity index (χ2v) is 12.5. The number of nitrogens with zero attached hydrogens (tertiary/aromatic N) is 5. The van der Waals surface area contributed by atoms with E-state index in [1.807, 2.05) is 37.5 Å². The van der Waals surface area contributed by atoms with Crippen LogP contribution in [0.1, 0.15) is 45.4 Å². The van der Waals surface area contributed by atoms with Crippen molar-refractivity contribution in [3.05, 3.63) is 59.5 Å². The van der Waals surface area contributed by atoms with Crippen LogP contribution in [0.25, 0.3) is 21.9 Å². The number of ether oxygens (including phenoxy) is 1. The lowest BCUT2D eigenvalue weighted by molar-refractivity contribution is -0.144. The van der Waals surface area contributed by atoms with Gasteiger partial charge in [0.2, 0.25) is 0 Å². The molecule has 0 spiro atoms. The van der Waals surface area contributed by atoms with Gasteiger partial charge in [-0.15, -0.1) is 23.2 Å². The van der Waals surface area contributed by atoms with Gasteiger partial charge in [0, 0.05) is 85.3 Å².